The maximum atomic E-state index is 14.7. The molecule has 1 unspecified atom stereocenters. The second-order valence-electron chi connectivity index (χ2n) is 8.19. The van der Waals surface area contributed by atoms with Crippen molar-refractivity contribution in [3.05, 3.63) is 70.4 Å². The van der Waals surface area contributed by atoms with Crippen molar-refractivity contribution < 1.29 is 19.0 Å². The lowest BCUT2D eigenvalue weighted by atomic mass is 10.1. The number of nitrogens with zero attached hydrogens (tertiary/aromatic N) is 6. The third-order valence-corrected chi connectivity index (χ3v) is 5.60. The van der Waals surface area contributed by atoms with Gasteiger partial charge in [-0.2, -0.15) is 10.2 Å². The van der Waals surface area contributed by atoms with Crippen molar-refractivity contribution in [2.75, 3.05) is 44.3 Å². The first-order chi connectivity index (χ1) is 16.4. The molecule has 4 rings (SSSR count). The smallest absolute Gasteiger partial charge is 0.411 e. The zero-order valence-corrected chi connectivity index (χ0v) is 18.9. The molecule has 10 nitrogen and oxygen atoms in total. The SMILES string of the molecule is Cn1cc(-n2ccc(=O)c(Cc3cccc(N(CC(F)CN4CCOCC4)C(=O)O)c3)n2)cn1. The minimum atomic E-state index is -1.35. The van der Waals surface area contributed by atoms with Crippen LogP contribution in [0.4, 0.5) is 14.9 Å². The third-order valence-electron chi connectivity index (χ3n) is 5.60. The van der Waals surface area contributed by atoms with E-state index in [-0.39, 0.29) is 24.9 Å². The Morgan fingerprint density at radius 3 is 2.79 bits per heavy atom. The van der Waals surface area contributed by atoms with Crippen LogP contribution in [0.3, 0.4) is 0 Å². The summed E-state index contributed by atoms with van der Waals surface area (Å²) in [5, 5.41) is 18.3. The van der Waals surface area contributed by atoms with E-state index < -0.39 is 12.3 Å². The molecule has 1 saturated heterocycles. The van der Waals surface area contributed by atoms with Gasteiger partial charge in [-0.15, -0.1) is 0 Å². The van der Waals surface area contributed by atoms with E-state index in [4.69, 9.17) is 4.74 Å². The highest BCUT2D eigenvalue weighted by atomic mass is 19.1. The van der Waals surface area contributed by atoms with Crippen molar-refractivity contribution in [2.45, 2.75) is 12.6 Å². The van der Waals surface area contributed by atoms with Gasteiger partial charge in [0.25, 0.3) is 0 Å². The van der Waals surface area contributed by atoms with Gasteiger partial charge in [0.05, 0.1) is 32.2 Å². The average molecular weight is 471 g/mol. The van der Waals surface area contributed by atoms with Gasteiger partial charge in [-0.3, -0.25) is 19.3 Å². The van der Waals surface area contributed by atoms with Crippen molar-refractivity contribution in [1.29, 1.82) is 0 Å². The first-order valence-corrected chi connectivity index (χ1v) is 11.0. The van der Waals surface area contributed by atoms with Crippen LogP contribution in [-0.2, 0) is 18.2 Å². The zero-order valence-electron chi connectivity index (χ0n) is 18.9. The Bertz CT molecular complexity index is 1190. The molecule has 0 aliphatic carbocycles. The maximum Gasteiger partial charge on any atom is 0.411 e. The van der Waals surface area contributed by atoms with Crippen LogP contribution >= 0.6 is 0 Å². The van der Waals surface area contributed by atoms with Crippen LogP contribution < -0.4 is 10.3 Å². The number of carbonyl (C=O) groups is 1. The van der Waals surface area contributed by atoms with Crippen molar-refractivity contribution in [1.82, 2.24) is 24.5 Å². The number of anilines is 1. The van der Waals surface area contributed by atoms with E-state index in [0.29, 0.717) is 48.9 Å². The number of benzene rings is 1. The highest BCUT2D eigenvalue weighted by Gasteiger charge is 2.23. The van der Waals surface area contributed by atoms with Crippen molar-refractivity contribution in [3.63, 3.8) is 0 Å². The van der Waals surface area contributed by atoms with Gasteiger partial charge in [0.1, 0.15) is 17.6 Å². The molecule has 1 fully saturated rings. The normalized spacial score (nSPS) is 15.2. The molecule has 1 aliphatic rings. The van der Waals surface area contributed by atoms with Crippen LogP contribution in [0.2, 0.25) is 0 Å². The first kappa shape index (κ1) is 23.6. The van der Waals surface area contributed by atoms with E-state index in [1.54, 1.807) is 59.3 Å². The van der Waals surface area contributed by atoms with Crippen LogP contribution in [0.25, 0.3) is 5.69 Å². The average Bonchev–Trinajstić information content (AvgIpc) is 3.26. The van der Waals surface area contributed by atoms with Crippen molar-refractivity contribution >= 4 is 11.8 Å². The molecular formula is C23H27FN6O4. The fourth-order valence-electron chi connectivity index (χ4n) is 3.88. The first-order valence-electron chi connectivity index (χ1n) is 11.0. The number of hydrogen-bond acceptors (Lipinski definition) is 6. The van der Waals surface area contributed by atoms with Gasteiger partial charge in [-0.1, -0.05) is 12.1 Å². The monoisotopic (exact) mass is 470 g/mol. The number of alkyl halides is 1. The quantitative estimate of drug-likeness (QED) is 0.534. The van der Waals surface area contributed by atoms with E-state index in [1.807, 2.05) is 4.90 Å². The van der Waals surface area contributed by atoms with E-state index in [2.05, 4.69) is 10.2 Å². The fraction of sp³-hybridized carbons (Fsp3) is 0.391. The molecule has 0 saturated carbocycles. The predicted molar refractivity (Wildman–Crippen MR) is 123 cm³/mol. The summed E-state index contributed by atoms with van der Waals surface area (Å²) >= 11 is 0. The topological polar surface area (TPSA) is 106 Å². The molecule has 0 bridgehead atoms. The number of amides is 1. The van der Waals surface area contributed by atoms with E-state index in [9.17, 15) is 19.1 Å². The van der Waals surface area contributed by atoms with Gasteiger partial charge in [-0.05, 0) is 17.7 Å². The molecule has 34 heavy (non-hydrogen) atoms. The summed E-state index contributed by atoms with van der Waals surface area (Å²) < 4.78 is 23.2. The molecular weight excluding hydrogens is 443 g/mol. The van der Waals surface area contributed by atoms with E-state index >= 15 is 0 Å². The summed E-state index contributed by atoms with van der Waals surface area (Å²) in [5.41, 5.74) is 1.83. The molecule has 1 aromatic carbocycles. The van der Waals surface area contributed by atoms with Gasteiger partial charge >= 0.3 is 6.09 Å². The Hall–Kier alpha value is -3.57. The molecule has 11 heteroatoms. The van der Waals surface area contributed by atoms with Gasteiger partial charge in [0, 0.05) is 51.1 Å². The molecule has 1 atom stereocenters. The Balaban J connectivity index is 1.50. The molecule has 2 aromatic heterocycles. The van der Waals surface area contributed by atoms with Crippen molar-refractivity contribution in [2.24, 2.45) is 7.05 Å². The molecule has 1 N–H and O–H groups in total. The van der Waals surface area contributed by atoms with E-state index in [1.165, 1.54) is 6.07 Å². The van der Waals surface area contributed by atoms with Crippen LogP contribution in [0.1, 0.15) is 11.3 Å². The molecule has 180 valence electrons. The minimum Gasteiger partial charge on any atom is -0.465 e. The Kier molecular flexibility index (Phi) is 7.33. The molecule has 3 aromatic rings. The Morgan fingerprint density at radius 2 is 2.09 bits per heavy atom. The number of aryl methyl sites for hydroxylation is 1. The summed E-state index contributed by atoms with van der Waals surface area (Å²) in [5.74, 6) is 0. The lowest BCUT2D eigenvalue weighted by Crippen LogP contribution is -2.44. The number of ether oxygens (including phenoxy) is 1. The maximum absolute atomic E-state index is 14.7. The summed E-state index contributed by atoms with van der Waals surface area (Å²) in [6.07, 6.45) is 2.60. The second-order valence-corrected chi connectivity index (χ2v) is 8.19. The van der Waals surface area contributed by atoms with Gasteiger partial charge < -0.3 is 9.84 Å². The van der Waals surface area contributed by atoms with Gasteiger partial charge in [-0.25, -0.2) is 13.9 Å². The molecule has 0 radical (unpaired) electrons. The number of carboxylic acid groups (broad SMARTS) is 1. The highest BCUT2D eigenvalue weighted by Crippen LogP contribution is 2.19. The minimum absolute atomic E-state index is 0.147. The highest BCUT2D eigenvalue weighted by molar-refractivity contribution is 5.86. The lowest BCUT2D eigenvalue weighted by Gasteiger charge is -2.29. The fourth-order valence-corrected chi connectivity index (χ4v) is 3.88. The van der Waals surface area contributed by atoms with Gasteiger partial charge in [0.2, 0.25) is 5.43 Å². The summed E-state index contributed by atoms with van der Waals surface area (Å²) in [7, 11) is 1.79. The van der Waals surface area contributed by atoms with Crippen LogP contribution in [0.5, 0.6) is 0 Å². The molecule has 1 amide bonds. The van der Waals surface area contributed by atoms with E-state index in [0.717, 1.165) is 4.90 Å². The number of morpholine rings is 1. The predicted octanol–water partition coefficient (Wildman–Crippen LogP) is 1.71. The zero-order chi connectivity index (χ0) is 24.1. The number of aromatic nitrogens is 4. The lowest BCUT2D eigenvalue weighted by molar-refractivity contribution is 0.0277. The number of halogens is 1. The number of hydrogen-bond donors (Lipinski definition) is 1. The second kappa shape index (κ2) is 10.6. The largest absolute Gasteiger partial charge is 0.465 e. The third kappa shape index (κ3) is 5.86. The standard InChI is InChI=1S/C23H27FN6O4/c1-27-16-20(13-25-27)30-6-5-22(31)21(26-30)12-17-3-2-4-19(11-17)29(23(32)33)15-18(24)14-28-7-9-34-10-8-28/h2-6,11,13,16,18H,7-10,12,14-15H2,1H3,(H,32,33). The van der Waals surface area contributed by atoms with Crippen LogP contribution in [0.15, 0.2) is 53.7 Å². The molecule has 1 aliphatic heterocycles. The Morgan fingerprint density at radius 1 is 1.29 bits per heavy atom. The molecule has 3 heterocycles. The summed E-state index contributed by atoms with van der Waals surface area (Å²) in [4.78, 5) is 27.2. The Labute approximate surface area is 195 Å². The van der Waals surface area contributed by atoms with Crippen molar-refractivity contribution in [3.8, 4) is 5.69 Å². The molecule has 0 spiro atoms. The summed E-state index contributed by atoms with van der Waals surface area (Å²) in [6.45, 7) is 2.22. The van der Waals surface area contributed by atoms with Crippen LogP contribution in [0, 0.1) is 0 Å². The van der Waals surface area contributed by atoms with Gasteiger partial charge in [0.15, 0.2) is 0 Å². The summed E-state index contributed by atoms with van der Waals surface area (Å²) in [6, 6.07) is 8.18. The number of rotatable bonds is 8. The van der Waals surface area contributed by atoms with Crippen LogP contribution in [-0.4, -0.2) is 81.2 Å².